The maximum absolute atomic E-state index is 12.9. The van der Waals surface area contributed by atoms with Gasteiger partial charge in [0.25, 0.3) is 5.56 Å². The molecule has 4 heterocycles. The zero-order valence-corrected chi connectivity index (χ0v) is 17.9. The van der Waals surface area contributed by atoms with Gasteiger partial charge in [0.2, 0.25) is 11.8 Å². The van der Waals surface area contributed by atoms with Gasteiger partial charge in [-0.1, -0.05) is 6.07 Å². The number of pyridine rings is 1. The van der Waals surface area contributed by atoms with Crippen LogP contribution in [0.2, 0.25) is 0 Å². The summed E-state index contributed by atoms with van der Waals surface area (Å²) >= 11 is 0. The summed E-state index contributed by atoms with van der Waals surface area (Å²) in [5.74, 6) is 0.354. The van der Waals surface area contributed by atoms with Crippen molar-refractivity contribution in [1.82, 2.24) is 24.5 Å². The number of aromatic amines is 1. The van der Waals surface area contributed by atoms with Crippen molar-refractivity contribution in [3.05, 3.63) is 57.3 Å². The summed E-state index contributed by atoms with van der Waals surface area (Å²) in [6, 6.07) is 5.14. The molecule has 0 unspecified atom stereocenters. The molecule has 0 aromatic carbocycles. The number of rotatable bonds is 4. The first-order chi connectivity index (χ1) is 14.8. The molecule has 0 radical (unpaired) electrons. The summed E-state index contributed by atoms with van der Waals surface area (Å²) in [6.45, 7) is 6.73. The fourth-order valence-corrected chi connectivity index (χ4v) is 4.04. The number of hydrogen-bond donors (Lipinski definition) is 2. The Kier molecular flexibility index (Phi) is 5.58. The van der Waals surface area contributed by atoms with Crippen LogP contribution < -0.4 is 10.9 Å². The standard InChI is InChI=1S/C22H26N6O3/c1-13-4-5-18(23-12-13)25-22(31)16-6-8-27(9-7-16)21(30)10-17-14(2)24-19-11-20(29)26-28(19)15(17)3/h4-5,11-12,16H,6-10H2,1-3H3,(H,26,29)(H,23,25,31). The van der Waals surface area contributed by atoms with Crippen LogP contribution in [-0.4, -0.2) is 49.4 Å². The van der Waals surface area contributed by atoms with Crippen molar-refractivity contribution in [3.63, 3.8) is 0 Å². The molecule has 9 heteroatoms. The molecule has 162 valence electrons. The first-order valence-corrected chi connectivity index (χ1v) is 10.4. The summed E-state index contributed by atoms with van der Waals surface area (Å²) in [5, 5.41) is 5.58. The predicted octanol–water partition coefficient (Wildman–Crippen LogP) is 1.76. The fraction of sp³-hybridized carbons (Fsp3) is 0.409. The minimum atomic E-state index is -0.223. The van der Waals surface area contributed by atoms with Crippen LogP contribution in [0.1, 0.15) is 35.4 Å². The van der Waals surface area contributed by atoms with E-state index in [0.717, 1.165) is 22.5 Å². The number of amides is 2. The molecule has 0 aliphatic carbocycles. The van der Waals surface area contributed by atoms with Crippen molar-refractivity contribution in [2.75, 3.05) is 18.4 Å². The largest absolute Gasteiger partial charge is 0.342 e. The Morgan fingerprint density at radius 2 is 1.94 bits per heavy atom. The van der Waals surface area contributed by atoms with Gasteiger partial charge in [-0.15, -0.1) is 0 Å². The van der Waals surface area contributed by atoms with Gasteiger partial charge in [0, 0.05) is 48.2 Å². The number of fused-ring (bicyclic) bond motifs is 1. The molecule has 0 atom stereocenters. The summed E-state index contributed by atoms with van der Waals surface area (Å²) in [4.78, 5) is 47.5. The minimum absolute atomic E-state index is 0.000845. The fourth-order valence-electron chi connectivity index (χ4n) is 4.04. The molecule has 3 aromatic heterocycles. The van der Waals surface area contributed by atoms with E-state index in [2.05, 4.69) is 20.4 Å². The third-order valence-electron chi connectivity index (χ3n) is 5.91. The first kappa shape index (κ1) is 20.8. The second-order valence-electron chi connectivity index (χ2n) is 8.12. The minimum Gasteiger partial charge on any atom is -0.342 e. The van der Waals surface area contributed by atoms with Gasteiger partial charge in [0.05, 0.1) is 6.42 Å². The molecule has 0 bridgehead atoms. The normalized spacial score (nSPS) is 14.7. The molecule has 2 amide bonds. The smallest absolute Gasteiger partial charge is 0.266 e. The van der Waals surface area contributed by atoms with E-state index in [4.69, 9.17) is 0 Å². The number of aromatic nitrogens is 4. The predicted molar refractivity (Wildman–Crippen MR) is 116 cm³/mol. The molecule has 1 aliphatic rings. The van der Waals surface area contributed by atoms with E-state index in [0.29, 0.717) is 37.4 Å². The van der Waals surface area contributed by atoms with Gasteiger partial charge >= 0.3 is 0 Å². The number of carbonyl (C=O) groups excluding carboxylic acids is 2. The van der Waals surface area contributed by atoms with Crippen molar-refractivity contribution in [3.8, 4) is 0 Å². The zero-order valence-electron chi connectivity index (χ0n) is 17.9. The van der Waals surface area contributed by atoms with Crippen LogP contribution in [0, 0.1) is 26.7 Å². The van der Waals surface area contributed by atoms with Gasteiger partial charge in [-0.2, -0.15) is 0 Å². The Bertz CT molecular complexity index is 1190. The van der Waals surface area contributed by atoms with Crippen molar-refractivity contribution in [1.29, 1.82) is 0 Å². The van der Waals surface area contributed by atoms with E-state index >= 15 is 0 Å². The van der Waals surface area contributed by atoms with Crippen molar-refractivity contribution in [2.24, 2.45) is 5.92 Å². The molecule has 1 fully saturated rings. The van der Waals surface area contributed by atoms with Crippen molar-refractivity contribution in [2.45, 2.75) is 40.0 Å². The Hall–Kier alpha value is -3.49. The van der Waals surface area contributed by atoms with Crippen molar-refractivity contribution >= 4 is 23.3 Å². The van der Waals surface area contributed by atoms with E-state index in [-0.39, 0.29) is 29.7 Å². The van der Waals surface area contributed by atoms with Crippen LogP contribution >= 0.6 is 0 Å². The Morgan fingerprint density at radius 3 is 2.61 bits per heavy atom. The van der Waals surface area contributed by atoms with E-state index in [1.54, 1.807) is 21.7 Å². The number of hydrogen-bond acceptors (Lipinski definition) is 5. The van der Waals surface area contributed by atoms with Crippen LogP contribution in [0.5, 0.6) is 0 Å². The quantitative estimate of drug-likeness (QED) is 0.665. The molecule has 4 rings (SSSR count). The van der Waals surface area contributed by atoms with Gasteiger partial charge in [0.1, 0.15) is 5.82 Å². The van der Waals surface area contributed by atoms with Gasteiger partial charge in [-0.3, -0.25) is 19.5 Å². The molecule has 2 N–H and O–H groups in total. The SMILES string of the molecule is Cc1ccc(NC(=O)C2CCN(C(=O)Cc3c(C)nc4cc(=O)[nH]n4c3C)CC2)nc1. The lowest BCUT2D eigenvalue weighted by atomic mass is 9.95. The van der Waals surface area contributed by atoms with E-state index in [1.165, 1.54) is 6.07 Å². The summed E-state index contributed by atoms with van der Waals surface area (Å²) in [6.07, 6.45) is 3.16. The Morgan fingerprint density at radius 1 is 1.19 bits per heavy atom. The molecule has 3 aromatic rings. The molecule has 9 nitrogen and oxygen atoms in total. The lowest BCUT2D eigenvalue weighted by Gasteiger charge is -2.31. The highest BCUT2D eigenvalue weighted by atomic mass is 16.2. The Balaban J connectivity index is 1.37. The van der Waals surface area contributed by atoms with Gasteiger partial charge in [-0.05, 0) is 45.2 Å². The molecule has 0 spiro atoms. The highest BCUT2D eigenvalue weighted by Crippen LogP contribution is 2.21. The lowest BCUT2D eigenvalue weighted by molar-refractivity contribution is -0.133. The lowest BCUT2D eigenvalue weighted by Crippen LogP contribution is -2.42. The van der Waals surface area contributed by atoms with Crippen LogP contribution in [0.25, 0.3) is 5.65 Å². The molecule has 0 saturated carbocycles. The average Bonchev–Trinajstić information content (AvgIpc) is 3.13. The third-order valence-corrected chi connectivity index (χ3v) is 5.91. The molecule has 1 aliphatic heterocycles. The number of H-pyrrole nitrogens is 1. The van der Waals surface area contributed by atoms with Gasteiger partial charge < -0.3 is 10.2 Å². The maximum Gasteiger partial charge on any atom is 0.266 e. The molecule has 1 saturated heterocycles. The van der Waals surface area contributed by atoms with Crippen LogP contribution in [0.4, 0.5) is 5.82 Å². The van der Waals surface area contributed by atoms with Crippen molar-refractivity contribution < 1.29 is 9.59 Å². The highest BCUT2D eigenvalue weighted by molar-refractivity contribution is 5.92. The molecular weight excluding hydrogens is 396 g/mol. The van der Waals surface area contributed by atoms with E-state index in [1.807, 2.05) is 26.8 Å². The van der Waals surface area contributed by atoms with Crippen LogP contribution in [0.15, 0.2) is 29.2 Å². The monoisotopic (exact) mass is 422 g/mol. The van der Waals surface area contributed by atoms with E-state index < -0.39 is 0 Å². The second kappa shape index (κ2) is 8.33. The third kappa shape index (κ3) is 4.35. The summed E-state index contributed by atoms with van der Waals surface area (Å²) < 4.78 is 1.62. The first-order valence-electron chi connectivity index (χ1n) is 10.4. The number of piperidine rings is 1. The Labute approximate surface area is 179 Å². The average molecular weight is 422 g/mol. The number of carbonyl (C=O) groups is 2. The van der Waals surface area contributed by atoms with Crippen LogP contribution in [-0.2, 0) is 16.0 Å². The zero-order chi connectivity index (χ0) is 22.1. The highest BCUT2D eigenvalue weighted by Gasteiger charge is 2.28. The number of anilines is 1. The molecule has 31 heavy (non-hydrogen) atoms. The number of nitrogens with one attached hydrogen (secondary N) is 2. The number of aryl methyl sites for hydroxylation is 3. The van der Waals surface area contributed by atoms with Crippen LogP contribution in [0.3, 0.4) is 0 Å². The summed E-state index contributed by atoms with van der Waals surface area (Å²) in [5.41, 5.74) is 3.72. The molecular formula is C22H26N6O3. The van der Waals surface area contributed by atoms with E-state index in [9.17, 15) is 14.4 Å². The number of nitrogens with zero attached hydrogens (tertiary/aromatic N) is 4. The topological polar surface area (TPSA) is 112 Å². The summed E-state index contributed by atoms with van der Waals surface area (Å²) in [7, 11) is 0. The number of likely N-dealkylation sites (tertiary alicyclic amines) is 1. The maximum atomic E-state index is 12.9. The van der Waals surface area contributed by atoms with Gasteiger partial charge in [-0.25, -0.2) is 14.5 Å². The second-order valence-corrected chi connectivity index (χ2v) is 8.12. The van der Waals surface area contributed by atoms with Gasteiger partial charge in [0.15, 0.2) is 5.65 Å².